The normalized spacial score (nSPS) is 23.5. The highest BCUT2D eigenvalue weighted by molar-refractivity contribution is 5.85. The summed E-state index contributed by atoms with van der Waals surface area (Å²) in [5.41, 5.74) is -1.82. The van der Waals surface area contributed by atoms with Gasteiger partial charge in [0.05, 0.1) is 14.1 Å². The lowest BCUT2D eigenvalue weighted by molar-refractivity contribution is -0.926. The number of rotatable bonds is 4. The number of piperidine rings is 1. The van der Waals surface area contributed by atoms with E-state index in [0.717, 1.165) is 4.48 Å². The molecule has 3 atom stereocenters. The van der Waals surface area contributed by atoms with Crippen molar-refractivity contribution in [2.24, 2.45) is 0 Å². The highest BCUT2D eigenvalue weighted by Crippen LogP contribution is 2.38. The van der Waals surface area contributed by atoms with Crippen molar-refractivity contribution in [1.29, 1.82) is 0 Å². The number of aliphatic hydroxyl groups is 1. The summed E-state index contributed by atoms with van der Waals surface area (Å²) < 4.78 is 33.4. The molecule has 2 heterocycles. The minimum absolute atomic E-state index is 0. The Morgan fingerprint density at radius 3 is 1.71 bits per heavy atom. The minimum atomic E-state index is -2.16. The van der Waals surface area contributed by atoms with Crippen LogP contribution in [-0.4, -0.2) is 47.8 Å². The number of carbonyl (C=O) groups excluding carboxylic acids is 1. The van der Waals surface area contributed by atoms with Crippen molar-refractivity contribution >= 4 is 5.97 Å². The Balaban J connectivity index is 0.00000171. The van der Waals surface area contributed by atoms with Crippen LogP contribution >= 0.6 is 0 Å². The predicted octanol–water partition coefficient (Wildman–Crippen LogP) is 0.930. The van der Waals surface area contributed by atoms with Gasteiger partial charge in [0.2, 0.25) is 5.60 Å². The van der Waals surface area contributed by atoms with E-state index in [0.29, 0.717) is 12.8 Å². The second kappa shape index (κ2) is 9.18. The number of fused-ring (bicyclic) bond motifs is 2. The third-order valence-corrected chi connectivity index (χ3v) is 6.37. The molecule has 2 unspecified atom stereocenters. The molecule has 0 aromatic heterocycles. The third kappa shape index (κ3) is 4.45. The fraction of sp³-hybridized carbons (Fsp3) is 0.375. The van der Waals surface area contributed by atoms with Gasteiger partial charge in [-0.2, -0.15) is 0 Å². The minimum Gasteiger partial charge on any atom is -1.00 e. The van der Waals surface area contributed by atoms with Crippen molar-refractivity contribution < 1.29 is 44.9 Å². The summed E-state index contributed by atoms with van der Waals surface area (Å²) in [4.78, 5) is 13.2. The molecule has 0 saturated carbocycles. The molecule has 1 N–H and O–H groups in total. The van der Waals surface area contributed by atoms with Crippen LogP contribution in [0.1, 0.15) is 31.4 Å². The summed E-state index contributed by atoms with van der Waals surface area (Å²) >= 11 is 0. The van der Waals surface area contributed by atoms with E-state index in [9.17, 15) is 18.7 Å². The monoisotopic (exact) mass is 495 g/mol. The maximum atomic E-state index is 13.4. The van der Waals surface area contributed by atoms with Crippen LogP contribution in [0, 0.1) is 11.6 Å². The topological polar surface area (TPSA) is 46.5 Å². The molecule has 2 aromatic rings. The molecule has 31 heavy (non-hydrogen) atoms. The average molecular weight is 496 g/mol. The molecular weight excluding hydrogens is 468 g/mol. The Morgan fingerprint density at radius 2 is 1.32 bits per heavy atom. The van der Waals surface area contributed by atoms with E-state index >= 15 is 0 Å². The van der Waals surface area contributed by atoms with Crippen molar-refractivity contribution in [3.05, 3.63) is 83.4 Å². The second-order valence-electron chi connectivity index (χ2n) is 8.37. The van der Waals surface area contributed by atoms with Gasteiger partial charge >= 0.3 is 5.97 Å². The van der Waals surface area contributed by atoms with Gasteiger partial charge in [0.15, 0.2) is 0 Å². The maximum absolute atomic E-state index is 13.4. The Morgan fingerprint density at radius 1 is 0.935 bits per heavy atom. The van der Waals surface area contributed by atoms with Gasteiger partial charge in [-0.05, 0) is 47.5 Å². The van der Waals surface area contributed by atoms with Crippen LogP contribution in [0.15, 0.2) is 60.7 Å². The molecule has 0 amide bonds. The van der Waals surface area contributed by atoms with Crippen LogP contribution in [0.25, 0.3) is 0 Å². The molecule has 2 aliphatic rings. The summed E-state index contributed by atoms with van der Waals surface area (Å²) in [6.45, 7) is 0. The first-order valence-corrected chi connectivity index (χ1v) is 9.68. The first-order chi connectivity index (χ1) is 13.7. The van der Waals surface area contributed by atoms with Gasteiger partial charge in [-0.1, -0.05) is 31.7 Å². The molecule has 0 spiro atoms. The molecule has 4 rings (SSSR count). The molecule has 168 valence electrons. The molecule has 4 nitrogen and oxygen atoms in total. The molecule has 0 radical (unpaired) electrons. The molecular formula is C24H28BrF2NO3. The van der Waals surface area contributed by atoms with Crippen LogP contribution in [0.3, 0.4) is 0 Å². The van der Waals surface area contributed by atoms with Crippen molar-refractivity contribution in [1.82, 2.24) is 0 Å². The van der Waals surface area contributed by atoms with E-state index in [1.54, 1.807) is 0 Å². The maximum Gasteiger partial charge on any atom is 0.347 e. The number of benzene rings is 2. The standard InChI is InChI=1S/C23H24F2NO3.CH4.BrH/c1-26(2)19-11-12-20(26)14-21(13-19)29-22(27)23(28,15-3-7-17(24)8-4-15)16-5-9-18(25)10-6-16;;/h3-12,19-21,28H,13-14H2,1-2H3;1H4;1H/q+1;;/p-1/t19-,20?,21?;;/m1../s1. The number of hydrogen-bond acceptors (Lipinski definition) is 3. The fourth-order valence-corrected chi connectivity index (χ4v) is 4.40. The lowest BCUT2D eigenvalue weighted by Crippen LogP contribution is -3.00. The van der Waals surface area contributed by atoms with E-state index in [1.165, 1.54) is 48.5 Å². The van der Waals surface area contributed by atoms with Crippen LogP contribution in [0.2, 0.25) is 0 Å². The van der Waals surface area contributed by atoms with Crippen molar-refractivity contribution in [2.45, 2.75) is 44.1 Å². The summed E-state index contributed by atoms with van der Waals surface area (Å²) in [7, 11) is 4.31. The van der Waals surface area contributed by atoms with E-state index in [-0.39, 0.29) is 53.7 Å². The highest BCUT2D eigenvalue weighted by atomic mass is 79.9. The summed E-state index contributed by atoms with van der Waals surface area (Å²) in [6.07, 6.45) is 5.30. The quantitative estimate of drug-likeness (QED) is 0.390. The number of likely N-dealkylation sites (N-methyl/N-ethyl adjacent to an activating group) is 1. The number of hydrogen-bond donors (Lipinski definition) is 1. The predicted molar refractivity (Wildman–Crippen MR) is 110 cm³/mol. The van der Waals surface area contributed by atoms with Gasteiger partial charge in [-0.15, -0.1) is 0 Å². The smallest absolute Gasteiger partial charge is 0.347 e. The zero-order valence-electron chi connectivity index (χ0n) is 16.8. The number of ether oxygens (including phenoxy) is 1. The van der Waals surface area contributed by atoms with Crippen LogP contribution < -0.4 is 17.0 Å². The molecule has 1 fully saturated rings. The molecule has 2 bridgehead atoms. The second-order valence-corrected chi connectivity index (χ2v) is 8.37. The highest BCUT2D eigenvalue weighted by Gasteiger charge is 2.49. The SMILES string of the molecule is C.C[N+]1(C)C2C=C[C@@H]1CC(OC(=O)C(O)(c1ccc(F)cc1)c1ccc(F)cc1)C2.[Br-]. The van der Waals surface area contributed by atoms with E-state index in [1.807, 2.05) is 0 Å². The molecule has 1 saturated heterocycles. The first-order valence-electron chi connectivity index (χ1n) is 9.68. The van der Waals surface area contributed by atoms with Crippen molar-refractivity contribution in [3.8, 4) is 0 Å². The van der Waals surface area contributed by atoms with E-state index < -0.39 is 23.2 Å². The van der Waals surface area contributed by atoms with Gasteiger partial charge in [0.1, 0.15) is 29.8 Å². The summed E-state index contributed by atoms with van der Waals surface area (Å²) in [5, 5.41) is 11.4. The lowest BCUT2D eigenvalue weighted by Gasteiger charge is -2.44. The van der Waals surface area contributed by atoms with Gasteiger partial charge in [0, 0.05) is 12.8 Å². The largest absolute Gasteiger partial charge is 1.00 e. The average Bonchev–Trinajstić information content (AvgIpc) is 2.85. The fourth-order valence-electron chi connectivity index (χ4n) is 4.40. The zero-order valence-corrected chi connectivity index (χ0v) is 18.4. The molecule has 0 aliphatic carbocycles. The number of carbonyl (C=O) groups is 1. The van der Waals surface area contributed by atoms with Gasteiger partial charge in [-0.3, -0.25) is 0 Å². The van der Waals surface area contributed by atoms with Gasteiger partial charge in [0.25, 0.3) is 0 Å². The Kier molecular flexibility index (Phi) is 7.46. The lowest BCUT2D eigenvalue weighted by atomic mass is 9.86. The number of nitrogens with zero attached hydrogens (tertiary/aromatic N) is 1. The van der Waals surface area contributed by atoms with Crippen molar-refractivity contribution in [2.75, 3.05) is 14.1 Å². The van der Waals surface area contributed by atoms with Crippen LogP contribution in [0.4, 0.5) is 8.78 Å². The molecule has 2 aliphatic heterocycles. The van der Waals surface area contributed by atoms with Gasteiger partial charge < -0.3 is 31.3 Å². The Bertz CT molecular complexity index is 881. The summed E-state index contributed by atoms with van der Waals surface area (Å²) in [6, 6.07) is 10.5. The Labute approximate surface area is 192 Å². The number of halogens is 3. The van der Waals surface area contributed by atoms with E-state index in [2.05, 4.69) is 26.2 Å². The van der Waals surface area contributed by atoms with Crippen LogP contribution in [0.5, 0.6) is 0 Å². The van der Waals surface area contributed by atoms with Crippen LogP contribution in [-0.2, 0) is 15.1 Å². The third-order valence-electron chi connectivity index (χ3n) is 6.37. The van der Waals surface area contributed by atoms with Crippen molar-refractivity contribution in [3.63, 3.8) is 0 Å². The molecule has 7 heteroatoms. The summed E-state index contributed by atoms with van der Waals surface area (Å²) in [5.74, 6) is -1.82. The van der Waals surface area contributed by atoms with E-state index in [4.69, 9.17) is 4.74 Å². The zero-order chi connectivity index (χ0) is 20.8. The number of esters is 1. The van der Waals surface area contributed by atoms with Gasteiger partial charge in [-0.25, -0.2) is 13.6 Å². The first kappa shape index (κ1) is 25.2. The number of quaternary nitrogens is 1. The Hall–Kier alpha value is -2.09. The molecule has 2 aromatic carbocycles.